The highest BCUT2D eigenvalue weighted by atomic mass is 32.2. The van der Waals surface area contributed by atoms with Crippen molar-refractivity contribution in [2.75, 3.05) is 25.4 Å². The number of hydrogen-bond donors (Lipinski definition) is 3. The van der Waals surface area contributed by atoms with Crippen molar-refractivity contribution in [3.8, 4) is 0 Å². The molecule has 0 aromatic heterocycles. The zero-order chi connectivity index (χ0) is 12.2. The molecule has 1 atom stereocenters. The molecule has 0 radical (unpaired) electrons. The first-order valence-corrected chi connectivity index (χ1v) is 7.39. The maximum atomic E-state index is 11.6. The maximum absolute atomic E-state index is 11.6. The Morgan fingerprint density at radius 2 is 2.19 bits per heavy atom. The first-order valence-electron chi connectivity index (χ1n) is 5.73. The molecule has 16 heavy (non-hydrogen) atoms. The molecule has 0 amide bonds. The van der Waals surface area contributed by atoms with Gasteiger partial charge in [-0.25, -0.2) is 13.1 Å². The second-order valence-electron chi connectivity index (χ2n) is 4.97. The van der Waals surface area contributed by atoms with Gasteiger partial charge in [-0.15, -0.1) is 0 Å². The normalized spacial score (nSPS) is 26.5. The van der Waals surface area contributed by atoms with Gasteiger partial charge in [0.1, 0.15) is 0 Å². The molecule has 96 valence electrons. The fourth-order valence-corrected chi connectivity index (χ4v) is 3.00. The lowest BCUT2D eigenvalue weighted by Gasteiger charge is -2.21. The van der Waals surface area contributed by atoms with Crippen molar-refractivity contribution in [1.29, 1.82) is 0 Å². The third-order valence-corrected chi connectivity index (χ3v) is 4.16. The van der Waals surface area contributed by atoms with E-state index in [2.05, 4.69) is 10.0 Å². The van der Waals surface area contributed by atoms with Crippen molar-refractivity contribution >= 4 is 10.0 Å². The summed E-state index contributed by atoms with van der Waals surface area (Å²) in [6.45, 7) is 5.29. The molecule has 0 saturated carbocycles. The van der Waals surface area contributed by atoms with E-state index in [0.717, 1.165) is 6.54 Å². The lowest BCUT2D eigenvalue weighted by atomic mass is 10.1. The van der Waals surface area contributed by atoms with Crippen LogP contribution in [0.25, 0.3) is 0 Å². The van der Waals surface area contributed by atoms with E-state index in [4.69, 9.17) is 0 Å². The summed E-state index contributed by atoms with van der Waals surface area (Å²) in [7, 11) is -3.24. The molecule has 0 spiro atoms. The smallest absolute Gasteiger partial charge is 0.211 e. The summed E-state index contributed by atoms with van der Waals surface area (Å²) in [6, 6.07) is 0. The van der Waals surface area contributed by atoms with Crippen LogP contribution in [0.5, 0.6) is 0 Å². The molecule has 0 aromatic rings. The van der Waals surface area contributed by atoms with Gasteiger partial charge in [0.05, 0.1) is 11.4 Å². The molecule has 6 heteroatoms. The predicted octanol–water partition coefficient (Wildman–Crippen LogP) is -0.324. The Morgan fingerprint density at radius 3 is 2.69 bits per heavy atom. The van der Waals surface area contributed by atoms with Crippen LogP contribution in [-0.2, 0) is 10.0 Å². The van der Waals surface area contributed by atoms with E-state index in [-0.39, 0.29) is 12.3 Å². The minimum Gasteiger partial charge on any atom is -0.387 e. The highest BCUT2D eigenvalue weighted by molar-refractivity contribution is 7.89. The Balaban J connectivity index is 2.35. The number of nitrogens with one attached hydrogen (secondary N) is 2. The topological polar surface area (TPSA) is 78.4 Å². The summed E-state index contributed by atoms with van der Waals surface area (Å²) in [5.41, 5.74) is -0.912. The molecule has 1 aliphatic heterocycles. The lowest BCUT2D eigenvalue weighted by Crippen LogP contribution is -2.45. The van der Waals surface area contributed by atoms with Gasteiger partial charge in [0, 0.05) is 13.1 Å². The van der Waals surface area contributed by atoms with Crippen molar-refractivity contribution < 1.29 is 13.5 Å². The minimum absolute atomic E-state index is 0.112. The lowest BCUT2D eigenvalue weighted by molar-refractivity contribution is 0.0667. The summed E-state index contributed by atoms with van der Waals surface area (Å²) < 4.78 is 25.7. The van der Waals surface area contributed by atoms with Crippen LogP contribution in [0.4, 0.5) is 0 Å². The highest BCUT2D eigenvalue weighted by Gasteiger charge is 2.32. The van der Waals surface area contributed by atoms with Crippen LogP contribution in [0.3, 0.4) is 0 Å². The van der Waals surface area contributed by atoms with Crippen LogP contribution in [0.15, 0.2) is 0 Å². The van der Waals surface area contributed by atoms with Crippen LogP contribution in [0, 0.1) is 5.92 Å². The summed E-state index contributed by atoms with van der Waals surface area (Å²) in [6.07, 6.45) is 1.24. The van der Waals surface area contributed by atoms with Crippen molar-refractivity contribution in [2.24, 2.45) is 5.92 Å². The highest BCUT2D eigenvalue weighted by Crippen LogP contribution is 2.13. The predicted molar refractivity (Wildman–Crippen MR) is 63.7 cm³/mol. The van der Waals surface area contributed by atoms with Crippen molar-refractivity contribution in [2.45, 2.75) is 32.3 Å². The molecule has 5 nitrogen and oxygen atoms in total. The van der Waals surface area contributed by atoms with Gasteiger partial charge >= 0.3 is 0 Å². The molecule has 0 aromatic carbocycles. The second kappa shape index (κ2) is 5.44. The van der Waals surface area contributed by atoms with Crippen LogP contribution in [0.2, 0.25) is 0 Å². The average Bonchev–Trinajstić information content (AvgIpc) is 2.61. The van der Waals surface area contributed by atoms with Gasteiger partial charge in [0.15, 0.2) is 0 Å². The molecule has 1 fully saturated rings. The SMILES string of the molecule is CC(C)CCS(=O)(=O)NCC1(O)CCNC1. The van der Waals surface area contributed by atoms with Crippen molar-refractivity contribution in [3.63, 3.8) is 0 Å². The van der Waals surface area contributed by atoms with E-state index in [1.54, 1.807) is 0 Å². The molecule has 1 unspecified atom stereocenters. The standard InChI is InChI=1S/C10H22N2O3S/c1-9(2)3-6-16(14,15)12-8-10(13)4-5-11-7-10/h9,11-13H,3-8H2,1-2H3. The molecular formula is C10H22N2O3S. The van der Waals surface area contributed by atoms with Gasteiger partial charge in [-0.05, 0) is 25.3 Å². The van der Waals surface area contributed by atoms with E-state index in [0.29, 0.717) is 25.3 Å². The fourth-order valence-electron chi connectivity index (χ4n) is 1.59. The third-order valence-electron chi connectivity index (χ3n) is 2.81. The van der Waals surface area contributed by atoms with Crippen LogP contribution in [0.1, 0.15) is 26.7 Å². The Morgan fingerprint density at radius 1 is 1.50 bits per heavy atom. The Hall–Kier alpha value is -0.170. The number of hydrogen-bond acceptors (Lipinski definition) is 4. The number of aliphatic hydroxyl groups is 1. The van der Waals surface area contributed by atoms with Gasteiger partial charge in [0.2, 0.25) is 10.0 Å². The fraction of sp³-hybridized carbons (Fsp3) is 1.00. The van der Waals surface area contributed by atoms with Crippen molar-refractivity contribution in [3.05, 3.63) is 0 Å². The zero-order valence-electron chi connectivity index (χ0n) is 9.99. The van der Waals surface area contributed by atoms with E-state index in [9.17, 15) is 13.5 Å². The van der Waals surface area contributed by atoms with Gasteiger partial charge in [0.25, 0.3) is 0 Å². The van der Waals surface area contributed by atoms with Crippen LogP contribution in [-0.4, -0.2) is 44.5 Å². The molecule has 1 aliphatic rings. The van der Waals surface area contributed by atoms with E-state index >= 15 is 0 Å². The zero-order valence-corrected chi connectivity index (χ0v) is 10.8. The molecule has 0 bridgehead atoms. The summed E-state index contributed by atoms with van der Waals surface area (Å²) in [5.74, 6) is 0.501. The Kier molecular flexibility index (Phi) is 4.73. The molecule has 3 N–H and O–H groups in total. The van der Waals surface area contributed by atoms with E-state index in [1.807, 2.05) is 13.8 Å². The van der Waals surface area contributed by atoms with Crippen LogP contribution >= 0.6 is 0 Å². The largest absolute Gasteiger partial charge is 0.387 e. The summed E-state index contributed by atoms with van der Waals surface area (Å²) in [4.78, 5) is 0. The monoisotopic (exact) mass is 250 g/mol. The molecule has 1 heterocycles. The molecule has 1 rings (SSSR count). The Labute approximate surface area is 97.7 Å². The summed E-state index contributed by atoms with van der Waals surface area (Å²) >= 11 is 0. The van der Waals surface area contributed by atoms with Gasteiger partial charge in [-0.2, -0.15) is 0 Å². The number of β-amino-alcohol motifs (C(OH)–C–C–N with tert-alkyl or cyclic N) is 1. The summed E-state index contributed by atoms with van der Waals surface area (Å²) in [5, 5.41) is 13.0. The van der Waals surface area contributed by atoms with Crippen LogP contribution < -0.4 is 10.0 Å². The van der Waals surface area contributed by atoms with Crippen molar-refractivity contribution in [1.82, 2.24) is 10.0 Å². The first-order chi connectivity index (χ1) is 7.33. The van der Waals surface area contributed by atoms with Gasteiger partial charge in [-0.1, -0.05) is 13.8 Å². The van der Waals surface area contributed by atoms with Gasteiger partial charge < -0.3 is 10.4 Å². The molecule has 0 aliphatic carbocycles. The minimum atomic E-state index is -3.24. The third kappa shape index (κ3) is 4.78. The maximum Gasteiger partial charge on any atom is 0.211 e. The number of sulfonamides is 1. The van der Waals surface area contributed by atoms with E-state index in [1.165, 1.54) is 0 Å². The number of rotatable bonds is 6. The van der Waals surface area contributed by atoms with Gasteiger partial charge in [-0.3, -0.25) is 0 Å². The second-order valence-corrected chi connectivity index (χ2v) is 6.90. The van der Waals surface area contributed by atoms with E-state index < -0.39 is 15.6 Å². The first kappa shape index (κ1) is 13.9. The quantitative estimate of drug-likeness (QED) is 0.603. The molecule has 1 saturated heterocycles. The Bertz CT molecular complexity index is 308. The molecular weight excluding hydrogens is 228 g/mol. The average molecular weight is 250 g/mol.